The van der Waals surface area contributed by atoms with Crippen LogP contribution in [0.25, 0.3) is 0 Å². The Kier molecular flexibility index (Phi) is 4.31. The molecule has 0 bridgehead atoms. The van der Waals surface area contributed by atoms with Gasteiger partial charge in [0.05, 0.1) is 18.8 Å². The summed E-state index contributed by atoms with van der Waals surface area (Å²) in [5.74, 6) is 0.886. The zero-order valence-corrected chi connectivity index (χ0v) is 13.3. The van der Waals surface area contributed by atoms with Gasteiger partial charge in [0.15, 0.2) is 0 Å². The molecule has 3 aliphatic rings. The third kappa shape index (κ3) is 2.99. The fourth-order valence-corrected chi connectivity index (χ4v) is 4.30. The van der Waals surface area contributed by atoms with Crippen LogP contribution < -0.4 is 0 Å². The topological polar surface area (TPSA) is 69.5 Å². The monoisotopic (exact) mass is 320 g/mol. The number of morpholine rings is 1. The van der Waals surface area contributed by atoms with Crippen LogP contribution in [-0.4, -0.2) is 64.1 Å². The third-order valence-electron chi connectivity index (χ3n) is 5.49. The molecule has 7 heteroatoms. The molecule has 3 heterocycles. The molecular weight excluding hydrogens is 296 g/mol. The highest BCUT2D eigenvalue weighted by molar-refractivity contribution is 5.79. The van der Waals surface area contributed by atoms with Gasteiger partial charge in [0.1, 0.15) is 12.7 Å². The standard InChI is InChI=1S/C16H24N4O3/c21-16(12-3-6-22-7-4-12)20-5-8-23-15-13(1-2-14(15)20)9-19-10-17-18-11-19/h10-15H,1-9H2. The highest BCUT2D eigenvalue weighted by atomic mass is 16.5. The number of fused-ring (bicyclic) bond motifs is 1. The fourth-order valence-electron chi connectivity index (χ4n) is 4.30. The van der Waals surface area contributed by atoms with Crippen LogP contribution in [0.4, 0.5) is 0 Å². The Bertz CT molecular complexity index is 529. The van der Waals surface area contributed by atoms with Crippen molar-refractivity contribution in [2.75, 3.05) is 26.4 Å². The maximum Gasteiger partial charge on any atom is 0.226 e. The van der Waals surface area contributed by atoms with Crippen molar-refractivity contribution in [2.45, 2.75) is 44.4 Å². The van der Waals surface area contributed by atoms with Crippen LogP contribution in [0, 0.1) is 11.8 Å². The second-order valence-corrected chi connectivity index (χ2v) is 6.82. The minimum absolute atomic E-state index is 0.138. The van der Waals surface area contributed by atoms with Crippen molar-refractivity contribution in [2.24, 2.45) is 11.8 Å². The summed E-state index contributed by atoms with van der Waals surface area (Å²) in [6.07, 6.45) is 7.49. The van der Waals surface area contributed by atoms with Gasteiger partial charge < -0.3 is 18.9 Å². The average molecular weight is 320 g/mol. The van der Waals surface area contributed by atoms with Gasteiger partial charge in [0, 0.05) is 38.1 Å². The largest absolute Gasteiger partial charge is 0.381 e. The quantitative estimate of drug-likeness (QED) is 0.820. The van der Waals surface area contributed by atoms with Crippen LogP contribution in [-0.2, 0) is 20.8 Å². The van der Waals surface area contributed by atoms with E-state index >= 15 is 0 Å². The van der Waals surface area contributed by atoms with Crippen LogP contribution in [0.15, 0.2) is 12.7 Å². The van der Waals surface area contributed by atoms with Crippen molar-refractivity contribution in [1.29, 1.82) is 0 Å². The Labute approximate surface area is 135 Å². The molecule has 1 saturated carbocycles. The summed E-state index contributed by atoms with van der Waals surface area (Å²) in [6.45, 7) is 3.68. The van der Waals surface area contributed by atoms with Gasteiger partial charge in [-0.1, -0.05) is 0 Å². The first-order chi connectivity index (χ1) is 11.3. The van der Waals surface area contributed by atoms with E-state index in [-0.39, 0.29) is 18.1 Å². The first-order valence-corrected chi connectivity index (χ1v) is 8.65. The van der Waals surface area contributed by atoms with Gasteiger partial charge >= 0.3 is 0 Å². The van der Waals surface area contributed by atoms with E-state index in [4.69, 9.17) is 9.47 Å². The lowest BCUT2D eigenvalue weighted by atomic mass is 9.96. The summed E-state index contributed by atoms with van der Waals surface area (Å²) >= 11 is 0. The smallest absolute Gasteiger partial charge is 0.226 e. The second-order valence-electron chi connectivity index (χ2n) is 6.82. The van der Waals surface area contributed by atoms with E-state index in [9.17, 15) is 4.79 Å². The summed E-state index contributed by atoms with van der Waals surface area (Å²) in [4.78, 5) is 15.0. The number of carbonyl (C=O) groups is 1. The van der Waals surface area contributed by atoms with E-state index in [0.717, 1.165) is 38.8 Å². The molecule has 1 aromatic rings. The molecule has 0 spiro atoms. The number of rotatable bonds is 3. The van der Waals surface area contributed by atoms with Gasteiger partial charge in [-0.05, 0) is 25.7 Å². The molecule has 2 aliphatic heterocycles. The van der Waals surface area contributed by atoms with E-state index in [1.807, 2.05) is 4.57 Å². The number of ether oxygens (including phenoxy) is 2. The molecule has 3 unspecified atom stereocenters. The maximum absolute atomic E-state index is 12.9. The lowest BCUT2D eigenvalue weighted by molar-refractivity contribution is -0.153. The van der Waals surface area contributed by atoms with E-state index in [0.29, 0.717) is 31.6 Å². The third-order valence-corrected chi connectivity index (χ3v) is 5.49. The molecule has 23 heavy (non-hydrogen) atoms. The molecule has 7 nitrogen and oxygen atoms in total. The normalized spacial score (nSPS) is 32.0. The van der Waals surface area contributed by atoms with Gasteiger partial charge in [-0.3, -0.25) is 4.79 Å². The molecule has 3 atom stereocenters. The van der Waals surface area contributed by atoms with Gasteiger partial charge in [-0.25, -0.2) is 0 Å². The Morgan fingerprint density at radius 3 is 2.65 bits per heavy atom. The molecule has 2 saturated heterocycles. The molecule has 1 aliphatic carbocycles. The van der Waals surface area contributed by atoms with Gasteiger partial charge in [0.25, 0.3) is 0 Å². The van der Waals surface area contributed by atoms with Crippen molar-refractivity contribution < 1.29 is 14.3 Å². The van der Waals surface area contributed by atoms with Gasteiger partial charge in [0.2, 0.25) is 5.91 Å². The van der Waals surface area contributed by atoms with Crippen molar-refractivity contribution in [1.82, 2.24) is 19.7 Å². The summed E-state index contributed by atoms with van der Waals surface area (Å²) in [5.41, 5.74) is 0. The number of amides is 1. The molecule has 0 aromatic carbocycles. The SMILES string of the molecule is O=C(C1CCOCC1)N1CCOC2C(Cn3cnnc3)CCC21. The molecule has 3 fully saturated rings. The van der Waals surface area contributed by atoms with Crippen LogP contribution in [0.1, 0.15) is 25.7 Å². The Morgan fingerprint density at radius 1 is 1.09 bits per heavy atom. The first kappa shape index (κ1) is 15.1. The minimum atomic E-state index is 0.138. The fraction of sp³-hybridized carbons (Fsp3) is 0.812. The number of aromatic nitrogens is 3. The second kappa shape index (κ2) is 6.57. The predicted octanol–water partition coefficient (Wildman–Crippen LogP) is 0.711. The summed E-state index contributed by atoms with van der Waals surface area (Å²) in [5, 5.41) is 7.74. The number of hydrogen-bond donors (Lipinski definition) is 0. The molecular formula is C16H24N4O3. The lowest BCUT2D eigenvalue weighted by Crippen LogP contribution is -2.54. The predicted molar refractivity (Wildman–Crippen MR) is 81.5 cm³/mol. The highest BCUT2D eigenvalue weighted by Gasteiger charge is 2.45. The molecule has 4 rings (SSSR count). The molecule has 1 aromatic heterocycles. The van der Waals surface area contributed by atoms with Crippen molar-refractivity contribution in [3.8, 4) is 0 Å². The molecule has 1 amide bonds. The molecule has 126 valence electrons. The zero-order valence-electron chi connectivity index (χ0n) is 13.3. The average Bonchev–Trinajstić information content (AvgIpc) is 3.25. The minimum Gasteiger partial charge on any atom is -0.381 e. The number of nitrogens with zero attached hydrogens (tertiary/aromatic N) is 4. The maximum atomic E-state index is 12.9. The highest BCUT2D eigenvalue weighted by Crippen LogP contribution is 2.36. The van der Waals surface area contributed by atoms with Crippen LogP contribution in [0.5, 0.6) is 0 Å². The zero-order chi connectivity index (χ0) is 15.6. The Morgan fingerprint density at radius 2 is 1.87 bits per heavy atom. The van der Waals surface area contributed by atoms with Gasteiger partial charge in [-0.2, -0.15) is 0 Å². The molecule has 0 N–H and O–H groups in total. The van der Waals surface area contributed by atoms with E-state index < -0.39 is 0 Å². The van der Waals surface area contributed by atoms with Crippen molar-refractivity contribution in [3.63, 3.8) is 0 Å². The van der Waals surface area contributed by atoms with Crippen molar-refractivity contribution >= 4 is 5.91 Å². The Balaban J connectivity index is 1.43. The summed E-state index contributed by atoms with van der Waals surface area (Å²) in [7, 11) is 0. The van der Waals surface area contributed by atoms with Crippen molar-refractivity contribution in [3.05, 3.63) is 12.7 Å². The van der Waals surface area contributed by atoms with Gasteiger partial charge in [-0.15, -0.1) is 10.2 Å². The van der Waals surface area contributed by atoms with Crippen LogP contribution in [0.2, 0.25) is 0 Å². The number of hydrogen-bond acceptors (Lipinski definition) is 5. The summed E-state index contributed by atoms with van der Waals surface area (Å²) < 4.78 is 13.5. The molecule has 0 radical (unpaired) electrons. The Hall–Kier alpha value is -1.47. The van der Waals surface area contributed by atoms with E-state index in [1.165, 1.54) is 0 Å². The lowest BCUT2D eigenvalue weighted by Gasteiger charge is -2.41. The summed E-state index contributed by atoms with van der Waals surface area (Å²) in [6, 6.07) is 0.237. The van der Waals surface area contributed by atoms with E-state index in [1.54, 1.807) is 12.7 Å². The van der Waals surface area contributed by atoms with Crippen LogP contribution in [0.3, 0.4) is 0 Å². The number of carbonyl (C=O) groups excluding carboxylic acids is 1. The first-order valence-electron chi connectivity index (χ1n) is 8.65. The van der Waals surface area contributed by atoms with Crippen LogP contribution >= 0.6 is 0 Å². The van der Waals surface area contributed by atoms with E-state index in [2.05, 4.69) is 15.1 Å².